The van der Waals surface area contributed by atoms with Crippen LogP contribution in [0.25, 0.3) is 0 Å². The van der Waals surface area contributed by atoms with Gasteiger partial charge in [-0.3, -0.25) is 0 Å². The van der Waals surface area contributed by atoms with E-state index in [1.165, 1.54) is 0 Å². The zero-order valence-corrected chi connectivity index (χ0v) is 18.8. The third kappa shape index (κ3) is 3.79. The lowest BCUT2D eigenvalue weighted by Crippen LogP contribution is -2.30. The Morgan fingerprint density at radius 2 is 1.32 bits per heavy atom. The van der Waals surface area contributed by atoms with Crippen LogP contribution in [0.4, 0.5) is 0 Å². The Kier molecular flexibility index (Phi) is 5.90. The molecule has 0 amide bonds. The second-order valence-corrected chi connectivity index (χ2v) is 7.83. The first-order chi connectivity index (χ1) is 16.3. The van der Waals surface area contributed by atoms with Crippen molar-refractivity contribution >= 4 is 17.9 Å². The van der Waals surface area contributed by atoms with Gasteiger partial charge in [0.15, 0.2) is 5.60 Å². The minimum atomic E-state index is -1.36. The standard InChI is InChI=1S/C28H22O6/c1-5-25(29)32-23-15-19(13-11-17(23)3)28(22-10-8-7-9-21(22)27(31)34-28)20-14-12-18(4)24(16-20)33-26(30)6-2/h5-16H,1-2H2,3-4H3. The smallest absolute Gasteiger partial charge is 0.340 e. The number of benzene rings is 3. The van der Waals surface area contributed by atoms with Gasteiger partial charge in [-0.05, 0) is 43.2 Å². The van der Waals surface area contributed by atoms with Crippen molar-refractivity contribution in [3.63, 3.8) is 0 Å². The van der Waals surface area contributed by atoms with E-state index in [2.05, 4.69) is 13.2 Å². The Morgan fingerprint density at radius 3 is 1.82 bits per heavy atom. The lowest BCUT2D eigenvalue weighted by molar-refractivity contribution is -0.129. The molecule has 0 bridgehead atoms. The monoisotopic (exact) mass is 454 g/mol. The van der Waals surface area contributed by atoms with Crippen molar-refractivity contribution < 1.29 is 28.6 Å². The van der Waals surface area contributed by atoms with Gasteiger partial charge in [-0.2, -0.15) is 0 Å². The third-order valence-corrected chi connectivity index (χ3v) is 5.72. The molecule has 6 heteroatoms. The number of aryl methyl sites for hydroxylation is 2. The molecule has 1 aliphatic rings. The van der Waals surface area contributed by atoms with Crippen molar-refractivity contribution in [2.45, 2.75) is 19.4 Å². The summed E-state index contributed by atoms with van der Waals surface area (Å²) in [5, 5.41) is 0. The van der Waals surface area contributed by atoms with Crippen LogP contribution in [-0.4, -0.2) is 17.9 Å². The lowest BCUT2D eigenvalue weighted by Gasteiger charge is -2.31. The van der Waals surface area contributed by atoms with E-state index in [4.69, 9.17) is 14.2 Å². The van der Waals surface area contributed by atoms with Crippen molar-refractivity contribution in [2.75, 3.05) is 0 Å². The lowest BCUT2D eigenvalue weighted by atomic mass is 9.79. The Morgan fingerprint density at radius 1 is 0.824 bits per heavy atom. The van der Waals surface area contributed by atoms with E-state index in [-0.39, 0.29) is 0 Å². The average molecular weight is 454 g/mol. The summed E-state index contributed by atoms with van der Waals surface area (Å²) in [7, 11) is 0. The number of cyclic esters (lactones) is 1. The van der Waals surface area contributed by atoms with E-state index in [1.54, 1.807) is 50.2 Å². The first kappa shape index (κ1) is 22.7. The molecule has 3 aromatic rings. The average Bonchev–Trinajstić information content (AvgIpc) is 3.15. The first-order valence-corrected chi connectivity index (χ1v) is 10.5. The number of carbonyl (C=O) groups is 3. The number of fused-ring (bicyclic) bond motifs is 1. The minimum absolute atomic E-state index is 0.313. The normalized spacial score (nSPS) is 13.4. The summed E-state index contributed by atoms with van der Waals surface area (Å²) in [5.41, 5.74) is 2.24. The number of carbonyl (C=O) groups excluding carboxylic acids is 3. The van der Waals surface area contributed by atoms with Gasteiger partial charge in [-0.15, -0.1) is 0 Å². The molecule has 34 heavy (non-hydrogen) atoms. The Hall–Kier alpha value is -4.45. The van der Waals surface area contributed by atoms with Crippen LogP contribution in [0.1, 0.15) is 38.2 Å². The second-order valence-electron chi connectivity index (χ2n) is 7.83. The number of ether oxygens (including phenoxy) is 3. The number of rotatable bonds is 6. The third-order valence-electron chi connectivity index (χ3n) is 5.72. The molecule has 0 unspecified atom stereocenters. The zero-order chi connectivity index (χ0) is 24.5. The van der Waals surface area contributed by atoms with E-state index in [1.807, 2.05) is 24.3 Å². The molecule has 0 N–H and O–H groups in total. The number of hydrogen-bond donors (Lipinski definition) is 0. The van der Waals surface area contributed by atoms with Crippen LogP contribution in [0, 0.1) is 13.8 Å². The molecule has 4 rings (SSSR count). The highest BCUT2D eigenvalue weighted by Crippen LogP contribution is 2.48. The van der Waals surface area contributed by atoms with Gasteiger partial charge in [0.25, 0.3) is 0 Å². The van der Waals surface area contributed by atoms with Crippen molar-refractivity contribution in [3.8, 4) is 11.5 Å². The summed E-state index contributed by atoms with van der Waals surface area (Å²) in [5.74, 6) is -1.08. The fourth-order valence-electron chi connectivity index (χ4n) is 3.97. The fraction of sp³-hybridized carbons (Fsp3) is 0.107. The summed E-state index contributed by atoms with van der Waals surface area (Å²) >= 11 is 0. The predicted octanol–water partition coefficient (Wildman–Crippen LogP) is 4.95. The topological polar surface area (TPSA) is 78.9 Å². The maximum absolute atomic E-state index is 13.0. The van der Waals surface area contributed by atoms with Gasteiger partial charge < -0.3 is 14.2 Å². The molecule has 0 saturated carbocycles. The van der Waals surface area contributed by atoms with Crippen molar-refractivity contribution in [1.82, 2.24) is 0 Å². The van der Waals surface area contributed by atoms with Crippen LogP contribution in [0.2, 0.25) is 0 Å². The van der Waals surface area contributed by atoms with Gasteiger partial charge in [-0.25, -0.2) is 14.4 Å². The van der Waals surface area contributed by atoms with Crippen LogP contribution in [0.5, 0.6) is 11.5 Å². The van der Waals surface area contributed by atoms with E-state index >= 15 is 0 Å². The van der Waals surface area contributed by atoms with Crippen molar-refractivity contribution in [3.05, 3.63) is 119 Å². The van der Waals surface area contributed by atoms with Crippen molar-refractivity contribution in [1.29, 1.82) is 0 Å². The maximum atomic E-state index is 13.0. The van der Waals surface area contributed by atoms with Crippen LogP contribution in [0.3, 0.4) is 0 Å². The van der Waals surface area contributed by atoms with Crippen molar-refractivity contribution in [2.24, 2.45) is 0 Å². The molecule has 0 aromatic heterocycles. The summed E-state index contributed by atoms with van der Waals surface area (Å²) in [4.78, 5) is 36.8. The Balaban J connectivity index is 1.98. The molecule has 6 nitrogen and oxygen atoms in total. The predicted molar refractivity (Wildman–Crippen MR) is 126 cm³/mol. The molecule has 0 spiro atoms. The van der Waals surface area contributed by atoms with Crippen LogP contribution in [-0.2, 0) is 19.9 Å². The largest absolute Gasteiger partial charge is 0.441 e. The molecule has 3 aromatic carbocycles. The quantitative estimate of drug-likeness (QED) is 0.298. The van der Waals surface area contributed by atoms with Gasteiger partial charge in [0.05, 0.1) is 5.56 Å². The SMILES string of the molecule is C=CC(=O)Oc1cc(C2(c3ccc(C)c(OC(=O)C=C)c3)OC(=O)c3ccccc32)ccc1C. The number of hydrogen-bond acceptors (Lipinski definition) is 6. The summed E-state index contributed by atoms with van der Waals surface area (Å²) < 4.78 is 16.9. The van der Waals surface area contributed by atoms with Gasteiger partial charge in [0, 0.05) is 28.8 Å². The maximum Gasteiger partial charge on any atom is 0.340 e. The molecule has 170 valence electrons. The fourth-order valence-corrected chi connectivity index (χ4v) is 3.97. The van der Waals surface area contributed by atoms with Gasteiger partial charge in [0.1, 0.15) is 11.5 Å². The molecule has 1 heterocycles. The molecule has 0 radical (unpaired) electrons. The highest BCUT2D eigenvalue weighted by Gasteiger charge is 2.49. The molecule has 0 fully saturated rings. The van der Waals surface area contributed by atoms with E-state index in [9.17, 15) is 14.4 Å². The van der Waals surface area contributed by atoms with Crippen LogP contribution in [0.15, 0.2) is 86.0 Å². The van der Waals surface area contributed by atoms with Gasteiger partial charge in [-0.1, -0.05) is 55.6 Å². The summed E-state index contributed by atoms with van der Waals surface area (Å²) in [6.45, 7) is 10.5. The molecule has 1 aliphatic heterocycles. The van der Waals surface area contributed by atoms with Crippen LogP contribution < -0.4 is 9.47 Å². The minimum Gasteiger partial charge on any atom is -0.441 e. The number of esters is 3. The van der Waals surface area contributed by atoms with Crippen LogP contribution >= 0.6 is 0 Å². The highest BCUT2D eigenvalue weighted by atomic mass is 16.6. The second kappa shape index (κ2) is 8.83. The van der Waals surface area contributed by atoms with E-state index in [0.29, 0.717) is 33.8 Å². The molecule has 0 saturated heterocycles. The van der Waals surface area contributed by atoms with E-state index < -0.39 is 23.5 Å². The van der Waals surface area contributed by atoms with Gasteiger partial charge in [0.2, 0.25) is 0 Å². The Labute approximate surface area is 197 Å². The Bertz CT molecular complexity index is 1280. The highest BCUT2D eigenvalue weighted by molar-refractivity contribution is 5.96. The van der Waals surface area contributed by atoms with Gasteiger partial charge >= 0.3 is 17.9 Å². The first-order valence-electron chi connectivity index (χ1n) is 10.5. The molecule has 0 aliphatic carbocycles. The molecule has 0 atom stereocenters. The molecular weight excluding hydrogens is 432 g/mol. The summed E-state index contributed by atoms with van der Waals surface area (Å²) in [6.07, 6.45) is 2.15. The summed E-state index contributed by atoms with van der Waals surface area (Å²) in [6, 6.07) is 17.6. The zero-order valence-electron chi connectivity index (χ0n) is 18.8. The van der Waals surface area contributed by atoms with E-state index in [0.717, 1.165) is 23.3 Å². The molecular formula is C28H22O6.